The first-order chi connectivity index (χ1) is 26.5. The number of benzene rings is 2. The smallest absolute Gasteiger partial charge is 0.410 e. The van der Waals surface area contributed by atoms with Crippen LogP contribution in [-0.2, 0) is 20.9 Å². The van der Waals surface area contributed by atoms with Crippen molar-refractivity contribution < 1.29 is 43.2 Å². The van der Waals surface area contributed by atoms with E-state index in [-0.39, 0.29) is 63.0 Å². The summed E-state index contributed by atoms with van der Waals surface area (Å²) in [5.74, 6) is -1.12. The molecule has 11 heteroatoms. The molecule has 0 unspecified atom stereocenters. The monoisotopic (exact) mass is 762 g/mol. The van der Waals surface area contributed by atoms with Gasteiger partial charge in [0.1, 0.15) is 35.6 Å². The molecule has 1 fully saturated rings. The summed E-state index contributed by atoms with van der Waals surface area (Å²) in [5.41, 5.74) is 2.64. The van der Waals surface area contributed by atoms with Gasteiger partial charge in [-0.25, -0.2) is 9.18 Å². The fraction of sp³-hybridized carbons (Fsp3) is 0.545. The molecule has 0 bridgehead atoms. The molecule has 5 rings (SSSR count). The maximum Gasteiger partial charge on any atom is 0.410 e. The highest BCUT2D eigenvalue weighted by Gasteiger charge is 2.65. The number of carbonyl (C=O) groups is 1. The van der Waals surface area contributed by atoms with Gasteiger partial charge in [0.25, 0.3) is 0 Å². The molecule has 55 heavy (non-hydrogen) atoms. The molecular weight excluding hydrogens is 703 g/mol. The van der Waals surface area contributed by atoms with Crippen molar-refractivity contribution in [3.63, 3.8) is 0 Å². The van der Waals surface area contributed by atoms with Crippen LogP contribution in [0.2, 0.25) is 0 Å². The maximum absolute atomic E-state index is 14.2. The van der Waals surface area contributed by atoms with Gasteiger partial charge in [-0.3, -0.25) is 4.90 Å². The lowest BCUT2D eigenvalue weighted by atomic mass is 9.55. The molecule has 2 aromatic rings. The largest absolute Gasteiger partial charge is 0.490 e. The molecule has 0 radical (unpaired) electrons. The Hall–Kier alpha value is -4.19. The topological polar surface area (TPSA) is 119 Å². The minimum Gasteiger partial charge on any atom is -0.490 e. The van der Waals surface area contributed by atoms with E-state index in [0.29, 0.717) is 42.2 Å². The predicted molar refractivity (Wildman–Crippen MR) is 210 cm³/mol. The van der Waals surface area contributed by atoms with Crippen LogP contribution in [0.25, 0.3) is 0 Å². The molecule has 1 heterocycles. The average Bonchev–Trinajstić information content (AvgIpc) is 3.16. The predicted octanol–water partition coefficient (Wildman–Crippen LogP) is 8.48. The Morgan fingerprint density at radius 2 is 1.75 bits per heavy atom. The first kappa shape index (κ1) is 42.0. The van der Waals surface area contributed by atoms with Gasteiger partial charge in [0.15, 0.2) is 0 Å². The third-order valence-electron chi connectivity index (χ3n) is 10.6. The zero-order valence-electron chi connectivity index (χ0n) is 32.9. The molecule has 10 nitrogen and oxygen atoms in total. The summed E-state index contributed by atoms with van der Waals surface area (Å²) in [4.78, 5) is 22.0. The zero-order chi connectivity index (χ0) is 39.6. The number of halogens is 1. The normalized spacial score (nSPS) is 24.8. The lowest BCUT2D eigenvalue weighted by Crippen LogP contribution is -2.70. The number of carbonyl (C=O) groups excluding carboxylic acids is 1. The van der Waals surface area contributed by atoms with Crippen molar-refractivity contribution in [2.24, 2.45) is 22.9 Å². The van der Waals surface area contributed by atoms with Gasteiger partial charge < -0.3 is 34.0 Å². The van der Waals surface area contributed by atoms with Crippen molar-refractivity contribution in [1.82, 2.24) is 4.90 Å². The van der Waals surface area contributed by atoms with Gasteiger partial charge in [0.2, 0.25) is 5.79 Å². The van der Waals surface area contributed by atoms with Crippen molar-refractivity contribution in [2.75, 3.05) is 33.0 Å². The summed E-state index contributed by atoms with van der Waals surface area (Å²) in [6.45, 7) is 16.2. The summed E-state index contributed by atoms with van der Waals surface area (Å²) >= 11 is 0. The van der Waals surface area contributed by atoms with Gasteiger partial charge in [0, 0.05) is 37.7 Å². The molecule has 1 amide bonds. The number of fused-ring (bicyclic) bond motifs is 2. The Balaban J connectivity index is 1.81. The van der Waals surface area contributed by atoms with E-state index in [1.54, 1.807) is 36.1 Å². The summed E-state index contributed by atoms with van der Waals surface area (Å²) in [5, 5.41) is 24.5. The lowest BCUT2D eigenvalue weighted by molar-refractivity contribution is -0.256. The summed E-state index contributed by atoms with van der Waals surface area (Å²) in [6.07, 6.45) is 9.90. The third-order valence-corrected chi connectivity index (χ3v) is 10.6. The number of rotatable bonds is 19. The number of nitrogens with zero attached hydrogens (tertiary/aromatic N) is 2. The Bertz CT molecular complexity index is 1670. The molecule has 300 valence electrons. The SMILES string of the molecule is C=CCOc1ccc2c(c1)[C@H]1[C@H](CCCCO)[C@@H](CCCCO)C=C3C(=NOC(C)(C)C)C[C@H](N(Cc4ccc(F)cc4)C(=O)OCC)[C@@](OCC=C)(O2)[C@H]31. The van der Waals surface area contributed by atoms with Crippen LogP contribution in [-0.4, -0.2) is 77.4 Å². The number of hydrogen-bond donors (Lipinski definition) is 2. The number of aliphatic hydroxyl groups excluding tert-OH is 2. The number of ether oxygens (including phenoxy) is 4. The lowest BCUT2D eigenvalue weighted by Gasteiger charge is -2.60. The number of amides is 1. The second kappa shape index (κ2) is 19.1. The van der Waals surface area contributed by atoms with Crippen molar-refractivity contribution in [3.05, 3.63) is 96.4 Å². The standard InChI is InChI=1S/C44H59FN2O8/c1-7-24-52-33-20-21-38-36(27-33)40-34(15-11-13-23-49)31(14-10-12-22-48)26-35-37(46-55-43(4,5)6)28-39(44(54-38,41(35)40)53-25-8-2)47(42(50)51-9-3)29-30-16-18-32(45)19-17-30/h7-8,16-21,26-27,31,34,39-41,48-49H,1-2,9-15,22-25,28-29H2,3-6H3/t31-,34+,39-,40+,41+,44+/m0/s1. The average molecular weight is 763 g/mol. The van der Waals surface area contributed by atoms with Crippen molar-refractivity contribution in [3.8, 4) is 11.5 Å². The minimum absolute atomic E-state index is 0.0553. The summed E-state index contributed by atoms with van der Waals surface area (Å²) in [6, 6.07) is 11.1. The maximum atomic E-state index is 14.2. The second-order valence-corrected chi connectivity index (χ2v) is 15.5. The van der Waals surface area contributed by atoms with Crippen LogP contribution in [0.5, 0.6) is 11.5 Å². The summed E-state index contributed by atoms with van der Waals surface area (Å²) < 4.78 is 40.2. The molecule has 0 aromatic heterocycles. The zero-order valence-corrected chi connectivity index (χ0v) is 32.9. The molecule has 1 aliphatic heterocycles. The van der Waals surface area contributed by atoms with Crippen LogP contribution in [0.1, 0.15) is 89.7 Å². The number of oxime groups is 1. The molecule has 2 aliphatic carbocycles. The fourth-order valence-electron chi connectivity index (χ4n) is 8.38. The van der Waals surface area contributed by atoms with E-state index in [9.17, 15) is 19.4 Å². The van der Waals surface area contributed by atoms with Crippen LogP contribution < -0.4 is 9.47 Å². The molecule has 0 saturated heterocycles. The first-order valence-electron chi connectivity index (χ1n) is 19.7. The first-order valence-corrected chi connectivity index (χ1v) is 19.7. The Morgan fingerprint density at radius 1 is 1.04 bits per heavy atom. The fourth-order valence-corrected chi connectivity index (χ4v) is 8.38. The van der Waals surface area contributed by atoms with Crippen LogP contribution in [0.15, 0.2) is 84.6 Å². The van der Waals surface area contributed by atoms with Crippen molar-refractivity contribution >= 4 is 11.8 Å². The van der Waals surface area contributed by atoms with Crippen molar-refractivity contribution in [2.45, 2.75) is 103 Å². The van der Waals surface area contributed by atoms with Gasteiger partial charge in [-0.05, 0) is 107 Å². The van der Waals surface area contributed by atoms with Gasteiger partial charge >= 0.3 is 6.09 Å². The van der Waals surface area contributed by atoms with Crippen LogP contribution in [0, 0.1) is 23.6 Å². The van der Waals surface area contributed by atoms with Crippen LogP contribution >= 0.6 is 0 Å². The number of allylic oxidation sites excluding steroid dienone is 1. The van der Waals surface area contributed by atoms with E-state index in [4.69, 9.17) is 28.9 Å². The summed E-state index contributed by atoms with van der Waals surface area (Å²) in [7, 11) is 0. The van der Waals surface area contributed by atoms with E-state index in [2.05, 4.69) is 19.2 Å². The highest BCUT2D eigenvalue weighted by molar-refractivity contribution is 6.03. The molecule has 1 saturated carbocycles. The molecule has 0 spiro atoms. The quantitative estimate of drug-likeness (QED) is 0.0832. The molecule has 3 aliphatic rings. The Labute approximate surface area is 325 Å². The number of aliphatic hydroxyl groups is 2. The minimum atomic E-state index is -1.46. The van der Waals surface area contributed by atoms with E-state index in [1.807, 2.05) is 39.0 Å². The van der Waals surface area contributed by atoms with E-state index < -0.39 is 29.4 Å². The van der Waals surface area contributed by atoms with E-state index >= 15 is 0 Å². The van der Waals surface area contributed by atoms with E-state index in [0.717, 1.165) is 36.8 Å². The highest BCUT2D eigenvalue weighted by atomic mass is 19.1. The van der Waals surface area contributed by atoms with Crippen LogP contribution in [0.4, 0.5) is 9.18 Å². The van der Waals surface area contributed by atoms with Crippen molar-refractivity contribution in [1.29, 1.82) is 0 Å². The van der Waals surface area contributed by atoms with Gasteiger partial charge in [0.05, 0.1) is 24.8 Å². The van der Waals surface area contributed by atoms with Gasteiger partial charge in [-0.15, -0.1) is 6.58 Å². The molecular formula is C44H59FN2O8. The second-order valence-electron chi connectivity index (χ2n) is 15.5. The van der Waals surface area contributed by atoms with Crippen LogP contribution in [0.3, 0.4) is 0 Å². The third kappa shape index (κ3) is 9.80. The highest BCUT2D eigenvalue weighted by Crippen LogP contribution is 2.62. The van der Waals surface area contributed by atoms with Gasteiger partial charge in [-0.1, -0.05) is 54.9 Å². The molecule has 6 atom stereocenters. The number of unbranched alkanes of at least 4 members (excludes halogenated alkanes) is 2. The molecule has 2 aromatic carbocycles. The Morgan fingerprint density at radius 3 is 2.40 bits per heavy atom. The molecule has 2 N–H and O–H groups in total. The Kier molecular flexibility index (Phi) is 14.6. The van der Waals surface area contributed by atoms with Gasteiger partial charge in [-0.2, -0.15) is 0 Å². The number of hydrogen-bond acceptors (Lipinski definition) is 9. The van der Waals surface area contributed by atoms with E-state index in [1.165, 1.54) is 12.1 Å².